The average Bonchev–Trinajstić information content (AvgIpc) is 2.14. The first-order valence-corrected chi connectivity index (χ1v) is 6.39. The molecule has 0 radical (unpaired) electrons. The number of hydrogen-bond acceptors (Lipinski definition) is 4. The van der Waals surface area contributed by atoms with E-state index < -0.39 is 25.4 Å². The van der Waals surface area contributed by atoms with Gasteiger partial charge in [0.15, 0.2) is 0 Å². The second-order valence-electron chi connectivity index (χ2n) is 3.39. The van der Waals surface area contributed by atoms with Crippen LogP contribution < -0.4 is 0 Å². The molecule has 1 rings (SSSR count). The van der Waals surface area contributed by atoms with Crippen LogP contribution in [0.3, 0.4) is 0 Å². The molecule has 0 amide bonds. The van der Waals surface area contributed by atoms with E-state index in [1.54, 1.807) is 6.92 Å². The Hall–Kier alpha value is -0.770. The monoisotopic (exact) mass is 242 g/mol. The van der Waals surface area contributed by atoms with Crippen LogP contribution in [0.5, 0.6) is 0 Å². The molecular formula is C8H13F2O4P. The molecule has 0 aromatic rings. The van der Waals surface area contributed by atoms with E-state index in [1.807, 2.05) is 0 Å². The van der Waals surface area contributed by atoms with Crippen LogP contribution in [0.25, 0.3) is 0 Å². The van der Waals surface area contributed by atoms with Gasteiger partial charge in [-0.05, 0) is 0 Å². The van der Waals surface area contributed by atoms with E-state index in [9.17, 15) is 18.0 Å². The van der Waals surface area contributed by atoms with Crippen molar-refractivity contribution in [1.82, 2.24) is 0 Å². The van der Waals surface area contributed by atoms with Crippen LogP contribution in [0.1, 0.15) is 33.1 Å². The molecule has 0 saturated carbocycles. The SMILES string of the molecule is CCCC1(CC)OC(=O)C(=O)O[PH]1(F)F. The summed E-state index contributed by atoms with van der Waals surface area (Å²) in [6, 6.07) is 0. The third-order valence-corrected chi connectivity index (χ3v) is 4.64. The summed E-state index contributed by atoms with van der Waals surface area (Å²) in [4.78, 5) is 21.6. The molecule has 1 aliphatic rings. The Bertz CT molecular complexity index is 294. The Kier molecular flexibility index (Phi) is 3.28. The second-order valence-corrected chi connectivity index (χ2v) is 5.54. The zero-order valence-corrected chi connectivity index (χ0v) is 9.51. The van der Waals surface area contributed by atoms with Crippen molar-refractivity contribution in [3.8, 4) is 0 Å². The molecule has 1 atom stereocenters. The van der Waals surface area contributed by atoms with Crippen molar-refractivity contribution < 1.29 is 27.2 Å². The summed E-state index contributed by atoms with van der Waals surface area (Å²) < 4.78 is 35.6. The predicted octanol–water partition coefficient (Wildman–Crippen LogP) is 2.43. The molecule has 1 aliphatic heterocycles. The minimum absolute atomic E-state index is 0.0156. The van der Waals surface area contributed by atoms with Crippen molar-refractivity contribution in [3.63, 3.8) is 0 Å². The molecule has 0 spiro atoms. The van der Waals surface area contributed by atoms with Crippen LogP contribution in [-0.4, -0.2) is 17.3 Å². The molecule has 15 heavy (non-hydrogen) atoms. The molecule has 1 fully saturated rings. The van der Waals surface area contributed by atoms with E-state index >= 15 is 0 Å². The molecule has 88 valence electrons. The predicted molar refractivity (Wildman–Crippen MR) is 50.6 cm³/mol. The quantitative estimate of drug-likeness (QED) is 0.433. The summed E-state index contributed by atoms with van der Waals surface area (Å²) in [5.74, 6) is -2.89. The molecule has 0 aromatic carbocycles. The van der Waals surface area contributed by atoms with Gasteiger partial charge in [0.1, 0.15) is 0 Å². The number of ether oxygens (including phenoxy) is 1. The van der Waals surface area contributed by atoms with Crippen molar-refractivity contribution >= 4 is 20.0 Å². The van der Waals surface area contributed by atoms with Crippen molar-refractivity contribution in [1.29, 1.82) is 0 Å². The summed E-state index contributed by atoms with van der Waals surface area (Å²) in [7, 11) is -5.29. The van der Waals surface area contributed by atoms with Crippen LogP contribution in [-0.2, 0) is 18.8 Å². The first-order valence-electron chi connectivity index (χ1n) is 4.72. The summed E-state index contributed by atoms with van der Waals surface area (Å²) in [6.07, 6.45) is 0.405. The summed E-state index contributed by atoms with van der Waals surface area (Å²) >= 11 is 0. The number of cyclic esters (lactones) is 1. The fourth-order valence-corrected chi connectivity index (χ4v) is 3.25. The normalized spacial score (nSPS) is 31.7. The molecule has 0 aromatic heterocycles. The van der Waals surface area contributed by atoms with Crippen molar-refractivity contribution in [3.05, 3.63) is 0 Å². The Labute approximate surface area is 86.6 Å². The zero-order chi connectivity index (χ0) is 11.7. The summed E-state index contributed by atoms with van der Waals surface area (Å²) in [5, 5.41) is -1.87. The minimum atomic E-state index is -5.29. The Morgan fingerprint density at radius 3 is 2.33 bits per heavy atom. The van der Waals surface area contributed by atoms with E-state index in [1.165, 1.54) is 6.92 Å². The van der Waals surface area contributed by atoms with E-state index in [4.69, 9.17) is 0 Å². The number of esters is 1. The molecule has 1 unspecified atom stereocenters. The van der Waals surface area contributed by atoms with Gasteiger partial charge in [-0.3, -0.25) is 0 Å². The van der Waals surface area contributed by atoms with Gasteiger partial charge >= 0.3 is 85.7 Å². The molecular weight excluding hydrogens is 229 g/mol. The molecule has 0 aliphatic carbocycles. The standard InChI is InChI=1S/C8H13F2O4P/c1-3-5-8(4-2)13-6(11)7(12)14-15(8,9)10/h15H,3-5H2,1-2H3. The third-order valence-electron chi connectivity index (χ3n) is 2.43. The fourth-order valence-electron chi connectivity index (χ4n) is 1.58. The van der Waals surface area contributed by atoms with E-state index in [-0.39, 0.29) is 12.8 Å². The maximum atomic E-state index is 13.6. The first-order chi connectivity index (χ1) is 6.88. The second kappa shape index (κ2) is 4.00. The van der Waals surface area contributed by atoms with Crippen LogP contribution in [0.2, 0.25) is 0 Å². The maximum absolute atomic E-state index is 13.6. The number of rotatable bonds is 3. The van der Waals surface area contributed by atoms with Gasteiger partial charge in [-0.25, -0.2) is 0 Å². The van der Waals surface area contributed by atoms with Gasteiger partial charge in [0.05, 0.1) is 0 Å². The number of hydrogen-bond donors (Lipinski definition) is 0. The third kappa shape index (κ3) is 1.95. The van der Waals surface area contributed by atoms with Crippen molar-refractivity contribution in [2.24, 2.45) is 0 Å². The number of carbonyl (C=O) groups excluding carboxylic acids is 2. The Morgan fingerprint density at radius 1 is 1.27 bits per heavy atom. The molecule has 0 N–H and O–H groups in total. The van der Waals surface area contributed by atoms with Crippen LogP contribution in [0, 0.1) is 0 Å². The molecule has 1 saturated heterocycles. The van der Waals surface area contributed by atoms with Gasteiger partial charge in [0, 0.05) is 0 Å². The topological polar surface area (TPSA) is 52.6 Å². The van der Waals surface area contributed by atoms with Crippen molar-refractivity contribution in [2.45, 2.75) is 38.5 Å². The summed E-state index contributed by atoms with van der Waals surface area (Å²) in [5.41, 5.74) is 0. The number of halogens is 2. The van der Waals surface area contributed by atoms with Crippen LogP contribution in [0.4, 0.5) is 8.39 Å². The van der Waals surface area contributed by atoms with Gasteiger partial charge in [-0.1, -0.05) is 0 Å². The van der Waals surface area contributed by atoms with E-state index in [2.05, 4.69) is 9.26 Å². The van der Waals surface area contributed by atoms with Crippen LogP contribution >= 0.6 is 8.11 Å². The Morgan fingerprint density at radius 2 is 1.87 bits per heavy atom. The van der Waals surface area contributed by atoms with Gasteiger partial charge < -0.3 is 0 Å². The Balaban J connectivity index is 3.02. The summed E-state index contributed by atoms with van der Waals surface area (Å²) in [6.45, 7) is 3.19. The van der Waals surface area contributed by atoms with E-state index in [0.717, 1.165) is 0 Å². The molecule has 1 heterocycles. The average molecular weight is 242 g/mol. The fraction of sp³-hybridized carbons (Fsp3) is 0.750. The van der Waals surface area contributed by atoms with Gasteiger partial charge in [-0.2, -0.15) is 0 Å². The molecule has 0 bridgehead atoms. The van der Waals surface area contributed by atoms with E-state index in [0.29, 0.717) is 6.42 Å². The first kappa shape index (κ1) is 12.3. The molecule has 4 nitrogen and oxygen atoms in total. The van der Waals surface area contributed by atoms with Crippen molar-refractivity contribution in [2.75, 3.05) is 0 Å². The number of carbonyl (C=O) groups is 2. The van der Waals surface area contributed by atoms with Gasteiger partial charge in [-0.15, -0.1) is 0 Å². The van der Waals surface area contributed by atoms with Gasteiger partial charge in [0.2, 0.25) is 0 Å². The molecule has 7 heteroatoms. The van der Waals surface area contributed by atoms with Crippen LogP contribution in [0.15, 0.2) is 0 Å². The van der Waals surface area contributed by atoms with Gasteiger partial charge in [0.25, 0.3) is 0 Å². The zero-order valence-electron chi connectivity index (χ0n) is 8.51.